The van der Waals surface area contributed by atoms with E-state index < -0.39 is 123 Å². The van der Waals surface area contributed by atoms with E-state index in [1.165, 1.54) is 47.7 Å². The third-order valence-corrected chi connectivity index (χ3v) is 27.2. The highest BCUT2D eigenvalue weighted by Crippen LogP contribution is 2.52. The highest BCUT2D eigenvalue weighted by molar-refractivity contribution is 7.90. The SMILES string of the molecule is COC(=O)C(C)NP(=O)(OC[C@@H]1O[C@H](n2cc(C)c(=O)n(CCCCCCn3c(=O)c(C)cn([C@@H]4O[C@H](CO[Si](C)(C)C(C)(C)C)[C@@]5(OS(=O)(=O)C=C5N)[C@H]4O[Si](C)(C)C(C)(C)C)c3=O)c2=O)C[C@H]1N=[N+]=[N-])Oc1ccccc1. The lowest BCUT2D eigenvalue weighted by Crippen LogP contribution is -2.59. The Morgan fingerprint density at radius 1 is 0.899 bits per heavy atom. The van der Waals surface area contributed by atoms with Gasteiger partial charge in [0.05, 0.1) is 43.6 Å². The normalized spacial score (nSPS) is 24.5. The molecule has 0 aliphatic carbocycles. The van der Waals surface area contributed by atoms with Gasteiger partial charge in [0, 0.05) is 47.9 Å². The maximum Gasteiger partial charge on any atom is 0.459 e. The van der Waals surface area contributed by atoms with E-state index >= 15 is 0 Å². The number of nitrogens with zero attached hydrogens (tertiary/aromatic N) is 7. The lowest BCUT2D eigenvalue weighted by molar-refractivity contribution is -0.142. The van der Waals surface area contributed by atoms with Crippen LogP contribution in [0.2, 0.25) is 36.3 Å². The van der Waals surface area contributed by atoms with Crippen molar-refractivity contribution in [1.29, 1.82) is 0 Å². The monoisotopic (exact) mass is 1180 g/mol. The molecule has 0 saturated carbocycles. The average Bonchev–Trinajstić information content (AvgIpc) is 4.22. The van der Waals surface area contributed by atoms with Gasteiger partial charge in [-0.1, -0.05) is 77.7 Å². The van der Waals surface area contributed by atoms with E-state index in [-0.39, 0.29) is 53.7 Å². The molecule has 29 heteroatoms. The summed E-state index contributed by atoms with van der Waals surface area (Å²) in [6.07, 6.45) is -1.51. The lowest BCUT2D eigenvalue weighted by Gasteiger charge is -2.43. The van der Waals surface area contributed by atoms with Gasteiger partial charge in [0.25, 0.3) is 21.2 Å². The van der Waals surface area contributed by atoms with E-state index in [0.29, 0.717) is 25.7 Å². The number of methoxy groups -OCH3 is 1. The topological polar surface area (TPSA) is 317 Å². The van der Waals surface area contributed by atoms with Crippen LogP contribution in [0.5, 0.6) is 5.75 Å². The molecule has 9 atom stereocenters. The molecule has 5 heterocycles. The summed E-state index contributed by atoms with van der Waals surface area (Å²) in [5, 5.41) is 6.61. The number of nitrogens with two attached hydrogens (primary N) is 1. The Hall–Kier alpha value is -4.97. The molecule has 2 unspecified atom stereocenters. The smallest absolute Gasteiger partial charge is 0.459 e. The summed E-state index contributed by atoms with van der Waals surface area (Å²) in [7, 11) is -12.8. The van der Waals surface area contributed by atoms with E-state index in [4.69, 9.17) is 42.0 Å². The Bertz CT molecular complexity index is 3220. The second kappa shape index (κ2) is 24.2. The molecule has 2 fully saturated rings. The van der Waals surface area contributed by atoms with Crippen molar-refractivity contribution in [2.24, 2.45) is 10.8 Å². The second-order valence-electron chi connectivity index (χ2n) is 23.4. The number of ether oxygens (including phenoxy) is 3. The number of aromatic nitrogens is 4. The molecular weight excluding hydrogens is 1100 g/mol. The first-order valence-corrected chi connectivity index (χ1v) is 35.1. The zero-order chi connectivity index (χ0) is 58.8. The van der Waals surface area contributed by atoms with Crippen LogP contribution in [-0.4, -0.2) is 106 Å². The maximum absolute atomic E-state index is 14.7. The van der Waals surface area contributed by atoms with Crippen molar-refractivity contribution in [3.63, 3.8) is 0 Å². The number of azide groups is 1. The molecule has 2 aromatic heterocycles. The predicted molar refractivity (Wildman–Crippen MR) is 299 cm³/mol. The third kappa shape index (κ3) is 13.9. The van der Waals surface area contributed by atoms with Crippen molar-refractivity contribution >= 4 is 40.5 Å². The molecule has 0 amide bonds. The fraction of sp³-hybridized carbons (Fsp3) is 0.660. The molecule has 0 bridgehead atoms. The first kappa shape index (κ1) is 63.2. The number of para-hydroxylation sites is 1. The molecule has 3 N–H and O–H groups in total. The molecular formula is C50H78N9O16PSSi2. The van der Waals surface area contributed by atoms with Crippen LogP contribution in [0.15, 0.2) is 78.1 Å². The number of esters is 1. The summed E-state index contributed by atoms with van der Waals surface area (Å²) >= 11 is 0. The summed E-state index contributed by atoms with van der Waals surface area (Å²) < 4.78 is 94.2. The van der Waals surface area contributed by atoms with Gasteiger partial charge < -0.3 is 33.3 Å². The number of nitrogens with one attached hydrogen (secondary N) is 1. The number of hydrogen-bond donors (Lipinski definition) is 2. The number of rotatable bonds is 23. The van der Waals surface area contributed by atoms with Gasteiger partial charge in [-0.05, 0) is 87.5 Å². The van der Waals surface area contributed by atoms with Crippen molar-refractivity contribution in [1.82, 2.24) is 23.4 Å². The fourth-order valence-corrected chi connectivity index (χ4v) is 14.0. The molecule has 438 valence electrons. The summed E-state index contributed by atoms with van der Waals surface area (Å²) in [6, 6.07) is 6.04. The minimum atomic E-state index is -4.34. The van der Waals surface area contributed by atoms with Crippen LogP contribution < -0.4 is 37.8 Å². The molecule has 3 aromatic rings. The van der Waals surface area contributed by atoms with Crippen LogP contribution in [0.25, 0.3) is 10.4 Å². The predicted octanol–water partition coefficient (Wildman–Crippen LogP) is 6.74. The number of carbonyl (C=O) groups is 1. The second-order valence-corrected chi connectivity index (χ2v) is 36.0. The summed E-state index contributed by atoms with van der Waals surface area (Å²) in [5.41, 5.74) is 12.0. The van der Waals surface area contributed by atoms with Crippen molar-refractivity contribution in [3.8, 4) is 5.75 Å². The van der Waals surface area contributed by atoms with Crippen LogP contribution >= 0.6 is 7.75 Å². The zero-order valence-electron chi connectivity index (χ0n) is 47.6. The molecule has 0 radical (unpaired) electrons. The van der Waals surface area contributed by atoms with Gasteiger partial charge in [-0.15, -0.1) is 0 Å². The first-order valence-electron chi connectivity index (χ1n) is 26.2. The van der Waals surface area contributed by atoms with E-state index in [1.54, 1.807) is 32.0 Å². The third-order valence-electron chi connectivity index (χ3n) is 15.6. The Balaban J connectivity index is 1.18. The van der Waals surface area contributed by atoms with E-state index in [0.717, 1.165) is 14.5 Å². The van der Waals surface area contributed by atoms with Gasteiger partial charge in [0.1, 0.15) is 30.2 Å². The summed E-state index contributed by atoms with van der Waals surface area (Å²) in [4.78, 5) is 71.2. The van der Waals surface area contributed by atoms with E-state index in [9.17, 15) is 42.5 Å². The molecule has 1 spiro atoms. The number of aryl methyl sites for hydroxylation is 2. The number of carbonyl (C=O) groups excluding carboxylic acids is 1. The van der Waals surface area contributed by atoms with Gasteiger partial charge in [-0.2, -0.15) is 13.5 Å². The van der Waals surface area contributed by atoms with Gasteiger partial charge >= 0.3 is 25.1 Å². The highest BCUT2D eigenvalue weighted by Gasteiger charge is 2.67. The zero-order valence-corrected chi connectivity index (χ0v) is 51.3. The molecule has 1 aromatic carbocycles. The first-order chi connectivity index (χ1) is 36.6. The fourth-order valence-electron chi connectivity index (χ4n) is 8.98. The Morgan fingerprint density at radius 3 is 1.97 bits per heavy atom. The lowest BCUT2D eigenvalue weighted by atomic mass is 9.89. The van der Waals surface area contributed by atoms with Crippen LogP contribution in [0.4, 0.5) is 0 Å². The van der Waals surface area contributed by atoms with Crippen molar-refractivity contribution in [3.05, 3.63) is 117 Å². The van der Waals surface area contributed by atoms with Gasteiger partial charge in [-0.25, -0.2) is 18.3 Å². The minimum Gasteiger partial charge on any atom is -0.468 e. The summed E-state index contributed by atoms with van der Waals surface area (Å²) in [6.45, 7) is 24.1. The maximum atomic E-state index is 14.7. The van der Waals surface area contributed by atoms with E-state index in [1.807, 2.05) is 47.0 Å². The quantitative estimate of drug-likeness (QED) is 0.0145. The van der Waals surface area contributed by atoms with Gasteiger partial charge in [0.15, 0.2) is 28.5 Å². The number of unbranched alkanes of at least 4 members (excludes halogenated alkanes) is 3. The summed E-state index contributed by atoms with van der Waals surface area (Å²) in [5.74, 6) is -0.574. The molecule has 6 rings (SSSR count). The largest absolute Gasteiger partial charge is 0.468 e. The van der Waals surface area contributed by atoms with Crippen LogP contribution in [0.1, 0.15) is 104 Å². The highest BCUT2D eigenvalue weighted by atomic mass is 32.2. The molecule has 3 aliphatic heterocycles. The average molecular weight is 1180 g/mol. The Labute approximate surface area is 462 Å². The molecule has 79 heavy (non-hydrogen) atoms. The van der Waals surface area contributed by atoms with Crippen LogP contribution in [-0.2, 0) is 64.3 Å². The van der Waals surface area contributed by atoms with Crippen molar-refractivity contribution in [2.75, 3.05) is 20.3 Å². The van der Waals surface area contributed by atoms with Gasteiger partial charge in [0.2, 0.25) is 0 Å². The molecule has 2 saturated heterocycles. The minimum absolute atomic E-state index is 0.00565. The number of hydrogen-bond acceptors (Lipinski definition) is 18. The number of benzene rings is 1. The Morgan fingerprint density at radius 2 is 1.46 bits per heavy atom. The van der Waals surface area contributed by atoms with Crippen LogP contribution in [0, 0.1) is 13.8 Å². The van der Waals surface area contributed by atoms with Crippen molar-refractivity contribution in [2.45, 2.75) is 192 Å². The van der Waals surface area contributed by atoms with Crippen molar-refractivity contribution < 1.29 is 54.1 Å². The standard InChI is InChI=1S/C50H78N9O16PSSi2/c1-32-27-58(40-26-36(53-55-52)37(71-40)29-69-76(65,54-34(3)45(62)68-10)73-35-22-18-17-19-23-35)46(63)56(42(32)60)24-20-15-16-21-25-57-43(61)33(2)28-59(47(57)64)44-41(74-79(13,14)49(7,8)9)50(38(51)31-77(66,67)75-50)39(72-44)30-70-78(11,12)48(4,5)6/h17-19,22-23,27-28,31,34,36-37,39-41,44H,15-16,20-21,24-26,29-30,51H2,1-14H3,(H,54,65)/t34?,36-,37+,39-,40+,41+,44-,50-,76?/m1/s1. The van der Waals surface area contributed by atoms with Gasteiger partial charge in [-0.3, -0.25) is 37.2 Å². The molecule has 3 aliphatic rings. The Kier molecular flexibility index (Phi) is 19.4. The van der Waals surface area contributed by atoms with Crippen LogP contribution in [0.3, 0.4) is 0 Å². The van der Waals surface area contributed by atoms with E-state index in [2.05, 4.69) is 35.9 Å². The molecule has 25 nitrogen and oxygen atoms in total.